The molecule has 0 bridgehead atoms. The molecule has 30 heavy (non-hydrogen) atoms. The van der Waals surface area contributed by atoms with Gasteiger partial charge in [-0.15, -0.1) is 12.4 Å². The molecule has 0 unspecified atom stereocenters. The summed E-state index contributed by atoms with van der Waals surface area (Å²) in [6.45, 7) is 16.6. The molecule has 3 rings (SSSR count). The van der Waals surface area contributed by atoms with E-state index < -0.39 is 0 Å². The molecule has 0 aliphatic rings. The van der Waals surface area contributed by atoms with Crippen molar-refractivity contribution in [3.8, 4) is 0 Å². The van der Waals surface area contributed by atoms with E-state index in [2.05, 4.69) is 49.8 Å². The van der Waals surface area contributed by atoms with Crippen LogP contribution in [0.4, 0.5) is 5.13 Å². The van der Waals surface area contributed by atoms with E-state index in [1.807, 2.05) is 24.6 Å². The van der Waals surface area contributed by atoms with E-state index in [0.29, 0.717) is 12.2 Å². The molecule has 0 atom stereocenters. The van der Waals surface area contributed by atoms with Crippen LogP contribution in [0.1, 0.15) is 48.1 Å². The highest BCUT2D eigenvalue weighted by Gasteiger charge is 2.25. The summed E-state index contributed by atoms with van der Waals surface area (Å²) in [7, 11) is 0. The van der Waals surface area contributed by atoms with Crippen molar-refractivity contribution in [3.63, 3.8) is 0 Å². The molecule has 2 heterocycles. The first-order valence-electron chi connectivity index (χ1n) is 10.3. The third kappa shape index (κ3) is 4.85. The summed E-state index contributed by atoms with van der Waals surface area (Å²) in [6, 6.07) is 6.09. The van der Waals surface area contributed by atoms with Gasteiger partial charge in [-0.2, -0.15) is 5.10 Å². The van der Waals surface area contributed by atoms with E-state index >= 15 is 0 Å². The van der Waals surface area contributed by atoms with Gasteiger partial charge in [0.15, 0.2) is 10.8 Å². The van der Waals surface area contributed by atoms with Crippen molar-refractivity contribution < 1.29 is 4.79 Å². The van der Waals surface area contributed by atoms with Crippen LogP contribution < -0.4 is 4.90 Å². The minimum absolute atomic E-state index is 0. The molecule has 0 radical (unpaired) electrons. The predicted molar refractivity (Wildman–Crippen MR) is 128 cm³/mol. The third-order valence-electron chi connectivity index (χ3n) is 5.58. The molecule has 164 valence electrons. The maximum absolute atomic E-state index is 13.4. The number of hydrogen-bond donors (Lipinski definition) is 0. The minimum atomic E-state index is -0.0825. The molecule has 0 spiro atoms. The number of anilines is 1. The number of aromatic nitrogens is 3. The van der Waals surface area contributed by atoms with E-state index in [9.17, 15) is 4.79 Å². The second-order valence-electron chi connectivity index (χ2n) is 7.32. The van der Waals surface area contributed by atoms with Gasteiger partial charge in [-0.1, -0.05) is 31.3 Å². The Kier molecular flexibility index (Phi) is 8.41. The summed E-state index contributed by atoms with van der Waals surface area (Å²) < 4.78 is 2.97. The van der Waals surface area contributed by atoms with Gasteiger partial charge < -0.3 is 4.90 Å². The molecule has 8 heteroatoms. The van der Waals surface area contributed by atoms with Gasteiger partial charge in [0, 0.05) is 25.3 Å². The molecule has 2 aromatic heterocycles. The van der Waals surface area contributed by atoms with Crippen molar-refractivity contribution in [2.75, 3.05) is 31.1 Å². The number of fused-ring (bicyclic) bond motifs is 1. The fraction of sp³-hybridized carbons (Fsp3) is 0.500. The zero-order valence-electron chi connectivity index (χ0n) is 18.7. The number of likely N-dealkylation sites (N-methyl/N-ethyl adjacent to an activating group) is 1. The summed E-state index contributed by atoms with van der Waals surface area (Å²) in [5.74, 6) is -0.0825. The van der Waals surface area contributed by atoms with Crippen molar-refractivity contribution in [2.45, 2.75) is 48.1 Å². The van der Waals surface area contributed by atoms with E-state index in [4.69, 9.17) is 4.98 Å². The number of aryl methyl sites for hydroxylation is 4. The van der Waals surface area contributed by atoms with E-state index in [1.165, 1.54) is 11.1 Å². The van der Waals surface area contributed by atoms with Crippen LogP contribution >= 0.6 is 23.7 Å². The molecule has 1 amide bonds. The Labute approximate surface area is 189 Å². The number of thiazole rings is 1. The molecule has 0 aliphatic heterocycles. The Hall–Kier alpha value is -1.96. The van der Waals surface area contributed by atoms with E-state index in [1.54, 1.807) is 16.2 Å². The lowest BCUT2D eigenvalue weighted by atomic mass is 10.1. The standard InChI is InChI=1S/C22H31N5OS.ClH/c1-7-25(8-2)12-13-26(21(28)18-14-16(5)27(9-3)24-18)22-23-20-17(6)15(4)10-11-19(20)29-22;/h10-11,14H,7-9,12-13H2,1-6H3;1H. The van der Waals surface area contributed by atoms with Crippen molar-refractivity contribution in [2.24, 2.45) is 0 Å². The van der Waals surface area contributed by atoms with Gasteiger partial charge in [0.2, 0.25) is 0 Å². The van der Waals surface area contributed by atoms with Gasteiger partial charge in [0.1, 0.15) is 0 Å². The number of amides is 1. The van der Waals surface area contributed by atoms with Crippen molar-refractivity contribution in [1.29, 1.82) is 0 Å². The highest BCUT2D eigenvalue weighted by Crippen LogP contribution is 2.32. The Morgan fingerprint density at radius 2 is 1.80 bits per heavy atom. The number of nitrogens with zero attached hydrogens (tertiary/aromatic N) is 5. The molecule has 0 saturated carbocycles. The average molecular weight is 450 g/mol. The van der Waals surface area contributed by atoms with Crippen molar-refractivity contribution in [1.82, 2.24) is 19.7 Å². The molecule has 0 aliphatic carbocycles. The van der Waals surface area contributed by atoms with E-state index in [0.717, 1.165) is 47.2 Å². The second kappa shape index (κ2) is 10.4. The lowest BCUT2D eigenvalue weighted by Crippen LogP contribution is -2.39. The summed E-state index contributed by atoms with van der Waals surface area (Å²) in [5.41, 5.74) is 4.85. The predicted octanol–water partition coefficient (Wildman–Crippen LogP) is 4.85. The fourth-order valence-electron chi connectivity index (χ4n) is 3.47. The Bertz CT molecular complexity index is 1010. The first-order chi connectivity index (χ1) is 13.9. The number of benzene rings is 1. The molecule has 6 nitrogen and oxygen atoms in total. The molecule has 1 aromatic carbocycles. The lowest BCUT2D eigenvalue weighted by molar-refractivity contribution is 0.0978. The first-order valence-corrected chi connectivity index (χ1v) is 11.2. The van der Waals surface area contributed by atoms with Crippen LogP contribution in [0.2, 0.25) is 0 Å². The van der Waals surface area contributed by atoms with E-state index in [-0.39, 0.29) is 18.3 Å². The van der Waals surface area contributed by atoms with Crippen LogP contribution in [0.3, 0.4) is 0 Å². The molecule has 0 saturated heterocycles. The largest absolute Gasteiger partial charge is 0.302 e. The maximum atomic E-state index is 13.4. The van der Waals surface area contributed by atoms with Crippen LogP contribution in [-0.4, -0.2) is 51.8 Å². The zero-order valence-corrected chi connectivity index (χ0v) is 20.4. The summed E-state index contributed by atoms with van der Waals surface area (Å²) in [5, 5.41) is 5.26. The number of rotatable bonds is 8. The third-order valence-corrected chi connectivity index (χ3v) is 6.63. The molecular weight excluding hydrogens is 418 g/mol. The highest BCUT2D eigenvalue weighted by molar-refractivity contribution is 7.22. The Balaban J connectivity index is 0.00000320. The van der Waals surface area contributed by atoms with Gasteiger partial charge in [-0.25, -0.2) is 4.98 Å². The molecule has 0 N–H and O–H groups in total. The van der Waals surface area contributed by atoms with Crippen LogP contribution in [-0.2, 0) is 6.54 Å². The van der Waals surface area contributed by atoms with Crippen molar-refractivity contribution >= 4 is 45.0 Å². The first kappa shape index (κ1) is 24.3. The monoisotopic (exact) mass is 449 g/mol. The van der Waals surface area contributed by atoms with Gasteiger partial charge in [0.05, 0.1) is 10.2 Å². The number of hydrogen-bond acceptors (Lipinski definition) is 5. The maximum Gasteiger partial charge on any atom is 0.280 e. The summed E-state index contributed by atoms with van der Waals surface area (Å²) >= 11 is 1.58. The van der Waals surface area contributed by atoms with Crippen LogP contribution in [0, 0.1) is 20.8 Å². The van der Waals surface area contributed by atoms with Crippen LogP contribution in [0.15, 0.2) is 18.2 Å². The average Bonchev–Trinajstić information content (AvgIpc) is 3.31. The smallest absolute Gasteiger partial charge is 0.280 e. The van der Waals surface area contributed by atoms with Gasteiger partial charge in [-0.05, 0) is 64.0 Å². The fourth-order valence-corrected chi connectivity index (χ4v) is 4.52. The normalized spacial score (nSPS) is 11.2. The van der Waals surface area contributed by atoms with Crippen LogP contribution in [0.25, 0.3) is 10.2 Å². The Morgan fingerprint density at radius 3 is 2.40 bits per heavy atom. The number of halogens is 1. The lowest BCUT2D eigenvalue weighted by Gasteiger charge is -2.24. The number of carbonyl (C=O) groups is 1. The van der Waals surface area contributed by atoms with Crippen LogP contribution in [0.5, 0.6) is 0 Å². The van der Waals surface area contributed by atoms with Gasteiger partial charge in [-0.3, -0.25) is 14.4 Å². The molecule has 0 fully saturated rings. The molecular formula is C22H32ClN5OS. The molecule has 3 aromatic rings. The Morgan fingerprint density at radius 1 is 1.10 bits per heavy atom. The topological polar surface area (TPSA) is 54.3 Å². The van der Waals surface area contributed by atoms with Gasteiger partial charge in [0.25, 0.3) is 5.91 Å². The summed E-state index contributed by atoms with van der Waals surface area (Å²) in [4.78, 5) is 22.4. The quantitative estimate of drug-likeness (QED) is 0.493. The minimum Gasteiger partial charge on any atom is -0.302 e. The zero-order chi connectivity index (χ0) is 21.1. The number of carbonyl (C=O) groups excluding carboxylic acids is 1. The van der Waals surface area contributed by atoms with Gasteiger partial charge >= 0.3 is 0 Å². The van der Waals surface area contributed by atoms with Crippen molar-refractivity contribution in [3.05, 3.63) is 40.7 Å². The summed E-state index contributed by atoms with van der Waals surface area (Å²) in [6.07, 6.45) is 0. The highest BCUT2D eigenvalue weighted by atomic mass is 35.5. The second-order valence-corrected chi connectivity index (χ2v) is 8.33. The SMILES string of the molecule is CCN(CC)CCN(C(=O)c1cc(C)n(CC)n1)c1nc2c(C)c(C)ccc2s1.Cl.